The fourth-order valence-electron chi connectivity index (χ4n) is 0.466. The van der Waals surface area contributed by atoms with Gasteiger partial charge in [-0.25, -0.2) is 0 Å². The van der Waals surface area contributed by atoms with Gasteiger partial charge in [0.05, 0.1) is 11.5 Å². The van der Waals surface area contributed by atoms with Crippen LogP contribution in [0.25, 0.3) is 0 Å². The predicted molar refractivity (Wildman–Crippen MR) is 72.1 cm³/mol. The number of alkyl halides is 2. The van der Waals surface area contributed by atoms with Crippen molar-refractivity contribution in [1.82, 2.24) is 0 Å². The first-order valence-corrected chi connectivity index (χ1v) is 7.45. The van der Waals surface area contributed by atoms with Crippen LogP contribution in [0.5, 0.6) is 0 Å². The summed E-state index contributed by atoms with van der Waals surface area (Å²) in [4.78, 5) is 0. The van der Waals surface area contributed by atoms with Crippen LogP contribution >= 0.6 is 31.5 Å². The molecule has 0 saturated heterocycles. The minimum atomic E-state index is -2.15. The summed E-state index contributed by atoms with van der Waals surface area (Å²) >= 11 is 10.8. The van der Waals surface area contributed by atoms with Gasteiger partial charge in [-0.05, 0) is 27.2 Å². The number of rotatable bonds is 7. The second kappa shape index (κ2) is 13.0. The van der Waals surface area contributed by atoms with Crippen molar-refractivity contribution in [2.75, 3.05) is 13.2 Å². The lowest BCUT2D eigenvalue weighted by Gasteiger charge is -2.00. The number of aliphatic hydroxyl groups is 1. The topological polar surface area (TPSA) is 55.8 Å². The predicted octanol–water partition coefficient (Wildman–Crippen LogP) is 3.71. The molecule has 17 heavy (non-hydrogen) atoms. The fourth-order valence-corrected chi connectivity index (χ4v) is 1.33. The number of halogens is 2. The van der Waals surface area contributed by atoms with E-state index >= 15 is 0 Å². The van der Waals surface area contributed by atoms with Crippen molar-refractivity contribution in [3.8, 4) is 0 Å². The van der Waals surface area contributed by atoms with E-state index in [0.717, 1.165) is 0 Å². The highest BCUT2D eigenvalue weighted by Gasteiger charge is 2.22. The molecule has 0 aromatic rings. The van der Waals surface area contributed by atoms with E-state index in [-0.39, 0.29) is 18.6 Å². The third-order valence-corrected chi connectivity index (χ3v) is 2.10. The van der Waals surface area contributed by atoms with Gasteiger partial charge in [-0.1, -0.05) is 6.92 Å². The first-order valence-electron chi connectivity index (χ1n) is 5.48. The number of hydrogen-bond acceptors (Lipinski definition) is 4. The molecule has 0 rings (SSSR count). The van der Waals surface area contributed by atoms with Gasteiger partial charge in [0.25, 0.3) is 0 Å². The monoisotopic (exact) mass is 307 g/mol. The minimum Gasteiger partial charge on any atom is -0.391 e. The summed E-state index contributed by atoms with van der Waals surface area (Å²) in [5, 5.41) is 9.16. The van der Waals surface area contributed by atoms with Crippen LogP contribution in [0.15, 0.2) is 0 Å². The molecule has 0 spiro atoms. The Morgan fingerprint density at radius 3 is 1.94 bits per heavy atom. The quantitative estimate of drug-likeness (QED) is 0.575. The largest absolute Gasteiger partial charge is 0.697 e. The molecule has 1 N–H and O–H groups in total. The van der Waals surface area contributed by atoms with Crippen molar-refractivity contribution in [3.63, 3.8) is 0 Å². The first-order chi connectivity index (χ1) is 7.79. The Bertz CT molecular complexity index is 188. The lowest BCUT2D eigenvalue weighted by Crippen LogP contribution is -2.11. The fraction of sp³-hybridized carbons (Fsp3) is 1.00. The Hall–Kier alpha value is 0.560. The molecule has 0 aromatic heterocycles. The molecular weight excluding hydrogens is 286 g/mol. The van der Waals surface area contributed by atoms with Gasteiger partial charge in [-0.2, -0.15) is 0 Å². The van der Waals surface area contributed by atoms with E-state index in [1.165, 1.54) is 0 Å². The molecule has 0 heterocycles. The van der Waals surface area contributed by atoms with Gasteiger partial charge >= 0.3 is 8.25 Å². The van der Waals surface area contributed by atoms with E-state index in [2.05, 4.69) is 0 Å². The zero-order valence-corrected chi connectivity index (χ0v) is 13.1. The van der Waals surface area contributed by atoms with Gasteiger partial charge in [-0.3, -0.25) is 0 Å². The van der Waals surface area contributed by atoms with Crippen LogP contribution in [0.2, 0.25) is 0 Å². The van der Waals surface area contributed by atoms with Crippen molar-refractivity contribution in [3.05, 3.63) is 0 Å². The maximum absolute atomic E-state index is 10.9. The Morgan fingerprint density at radius 2 is 1.59 bits per heavy atom. The first kappa shape index (κ1) is 19.9. The van der Waals surface area contributed by atoms with Gasteiger partial charge in [0, 0.05) is 9.94 Å². The molecule has 3 atom stereocenters. The molecule has 0 fully saturated rings. The van der Waals surface area contributed by atoms with Crippen LogP contribution in [-0.2, 0) is 13.6 Å². The molecule has 0 aliphatic carbocycles. The molecule has 0 aromatic carbocycles. The zero-order chi connectivity index (χ0) is 13.8. The molecule has 0 aliphatic heterocycles. The molecule has 0 saturated carbocycles. The highest BCUT2D eigenvalue weighted by atomic mass is 35.5. The van der Waals surface area contributed by atoms with E-state index in [4.69, 9.17) is 37.4 Å². The Morgan fingerprint density at radius 1 is 1.18 bits per heavy atom. The lowest BCUT2D eigenvalue weighted by atomic mass is 10.3. The van der Waals surface area contributed by atoms with E-state index < -0.39 is 14.4 Å². The molecular formula is C10H22Cl2O4P+. The smallest absolute Gasteiger partial charge is 0.391 e. The summed E-state index contributed by atoms with van der Waals surface area (Å²) < 4.78 is 20.4. The van der Waals surface area contributed by atoms with Crippen LogP contribution in [0.1, 0.15) is 34.1 Å². The van der Waals surface area contributed by atoms with E-state index in [1.54, 1.807) is 6.92 Å². The molecule has 7 heteroatoms. The maximum Gasteiger partial charge on any atom is 0.697 e. The van der Waals surface area contributed by atoms with Gasteiger partial charge in [0.1, 0.15) is 13.2 Å². The Kier molecular flexibility index (Phi) is 15.2. The standard InChI is InChI=1S/C7H15ClO4P.C3H7Cl/c1-3-7(9)5-12-13(10)11-4-6(2)8;1-3(2)4/h6-7,9H,3-5H2,1-2H3;3H,1-2H3/q+1;. The van der Waals surface area contributed by atoms with Gasteiger partial charge < -0.3 is 5.11 Å². The highest BCUT2D eigenvalue weighted by Crippen LogP contribution is 2.24. The van der Waals surface area contributed by atoms with Gasteiger partial charge in [0.2, 0.25) is 0 Å². The van der Waals surface area contributed by atoms with Crippen LogP contribution in [0.3, 0.4) is 0 Å². The summed E-state index contributed by atoms with van der Waals surface area (Å²) in [5.41, 5.74) is 0. The molecule has 0 amide bonds. The van der Waals surface area contributed by atoms with E-state index in [1.807, 2.05) is 20.8 Å². The third-order valence-electron chi connectivity index (χ3n) is 1.25. The number of hydrogen-bond donors (Lipinski definition) is 1. The summed E-state index contributed by atoms with van der Waals surface area (Å²) in [6.07, 6.45) is -0.0225. The zero-order valence-electron chi connectivity index (χ0n) is 10.7. The van der Waals surface area contributed by atoms with Crippen molar-refractivity contribution < 1.29 is 18.7 Å². The van der Waals surface area contributed by atoms with E-state index in [9.17, 15) is 4.57 Å². The number of aliphatic hydroxyl groups excluding tert-OH is 1. The van der Waals surface area contributed by atoms with Gasteiger partial charge in [-0.15, -0.1) is 32.2 Å². The van der Waals surface area contributed by atoms with Crippen molar-refractivity contribution >= 4 is 31.5 Å². The molecule has 0 radical (unpaired) electrons. The maximum atomic E-state index is 10.9. The molecule has 4 nitrogen and oxygen atoms in total. The lowest BCUT2D eigenvalue weighted by molar-refractivity contribution is 0.0960. The second-order valence-corrected chi connectivity index (χ2v) is 6.25. The normalized spacial score (nSPS) is 14.9. The van der Waals surface area contributed by atoms with Crippen LogP contribution in [0.4, 0.5) is 0 Å². The van der Waals surface area contributed by atoms with Crippen molar-refractivity contribution in [2.24, 2.45) is 0 Å². The molecule has 3 unspecified atom stereocenters. The summed E-state index contributed by atoms with van der Waals surface area (Å²) in [5.74, 6) is 0. The van der Waals surface area contributed by atoms with Crippen molar-refractivity contribution in [2.45, 2.75) is 51.0 Å². The van der Waals surface area contributed by atoms with Crippen LogP contribution in [0, 0.1) is 0 Å². The second-order valence-electron chi connectivity index (χ2n) is 3.67. The SMILES string of the molecule is CC(C)Cl.CCC(O)CO[P+](=O)OCC(C)Cl. The molecule has 104 valence electrons. The minimum absolute atomic E-state index is 0.0301. The molecule has 0 aliphatic rings. The van der Waals surface area contributed by atoms with Crippen LogP contribution < -0.4 is 0 Å². The summed E-state index contributed by atoms with van der Waals surface area (Å²) in [6.45, 7) is 7.61. The summed E-state index contributed by atoms with van der Waals surface area (Å²) in [7, 11) is -2.15. The Labute approximate surface area is 115 Å². The van der Waals surface area contributed by atoms with Crippen molar-refractivity contribution in [1.29, 1.82) is 0 Å². The Balaban J connectivity index is 0. The molecule has 0 bridgehead atoms. The van der Waals surface area contributed by atoms with Crippen LogP contribution in [-0.4, -0.2) is 35.2 Å². The highest BCUT2D eigenvalue weighted by molar-refractivity contribution is 7.33. The average Bonchev–Trinajstić information content (AvgIpc) is 2.22. The average molecular weight is 308 g/mol. The third kappa shape index (κ3) is 22.3. The summed E-state index contributed by atoms with van der Waals surface area (Å²) in [6, 6.07) is 0. The van der Waals surface area contributed by atoms with Gasteiger partial charge in [0.15, 0.2) is 0 Å². The van der Waals surface area contributed by atoms with E-state index in [0.29, 0.717) is 11.8 Å².